The van der Waals surface area contributed by atoms with Gasteiger partial charge in [0.05, 0.1) is 10.9 Å². The van der Waals surface area contributed by atoms with Gasteiger partial charge in [-0.15, -0.1) is 0 Å². The third-order valence-corrected chi connectivity index (χ3v) is 3.83. The number of aromatic nitrogens is 2. The Balaban J connectivity index is 1.66. The van der Waals surface area contributed by atoms with Crippen LogP contribution in [0.4, 0.5) is 8.78 Å². The Morgan fingerprint density at radius 3 is 2.57 bits per heavy atom. The first-order chi connectivity index (χ1) is 13.4. The Kier molecular flexibility index (Phi) is 5.78. The molecule has 0 aliphatic heterocycles. The van der Waals surface area contributed by atoms with Crippen LogP contribution in [0.3, 0.4) is 0 Å². The number of benzene rings is 2. The summed E-state index contributed by atoms with van der Waals surface area (Å²) in [5.74, 6) is -0.384. The highest BCUT2D eigenvalue weighted by molar-refractivity contribution is 5.87. The van der Waals surface area contributed by atoms with Crippen molar-refractivity contribution in [3.8, 4) is 5.75 Å². The van der Waals surface area contributed by atoms with Crippen molar-refractivity contribution in [2.24, 2.45) is 0 Å². The van der Waals surface area contributed by atoms with Crippen molar-refractivity contribution in [3.05, 3.63) is 76.3 Å². The van der Waals surface area contributed by atoms with Crippen LogP contribution in [-0.4, -0.2) is 22.5 Å². The van der Waals surface area contributed by atoms with Crippen molar-refractivity contribution >= 4 is 22.9 Å². The van der Waals surface area contributed by atoms with Gasteiger partial charge in [0.15, 0.2) is 11.9 Å². The van der Waals surface area contributed by atoms with E-state index in [1.54, 1.807) is 31.2 Å². The predicted octanol–water partition coefficient (Wildman–Crippen LogP) is 3.84. The molecule has 0 radical (unpaired) electrons. The van der Waals surface area contributed by atoms with E-state index in [2.05, 4.69) is 14.7 Å². The number of hydrogen-bond acceptors (Lipinski definition) is 5. The molecule has 1 heterocycles. The van der Waals surface area contributed by atoms with Crippen molar-refractivity contribution < 1.29 is 23.0 Å². The standard InChI is InChI=1S/C20H16F2N2O4/c1-12(18-23-16-5-3-2-4-15(16)19(26)24-18)27-17(25)11-8-13-6-9-14(10-7-13)28-20(21)22/h2-12,20H,1H3,(H,23,24,26)/b11-8+/t12-/m1/s1. The summed E-state index contributed by atoms with van der Waals surface area (Å²) in [5.41, 5.74) is 0.791. The minimum atomic E-state index is -2.90. The number of H-pyrrole nitrogens is 1. The highest BCUT2D eigenvalue weighted by Crippen LogP contribution is 2.17. The van der Waals surface area contributed by atoms with Crippen LogP contribution < -0.4 is 10.3 Å². The Hall–Kier alpha value is -3.55. The van der Waals surface area contributed by atoms with Gasteiger partial charge in [-0.05, 0) is 42.8 Å². The van der Waals surface area contributed by atoms with Crippen LogP contribution >= 0.6 is 0 Å². The highest BCUT2D eigenvalue weighted by Gasteiger charge is 2.14. The average Bonchev–Trinajstić information content (AvgIpc) is 2.67. The molecule has 0 aliphatic rings. The van der Waals surface area contributed by atoms with Gasteiger partial charge in [-0.2, -0.15) is 8.78 Å². The lowest BCUT2D eigenvalue weighted by Gasteiger charge is -2.11. The summed E-state index contributed by atoms with van der Waals surface area (Å²) in [5, 5.41) is 0.448. The van der Waals surface area contributed by atoms with Gasteiger partial charge in [-0.3, -0.25) is 4.79 Å². The summed E-state index contributed by atoms with van der Waals surface area (Å²) < 4.78 is 33.8. The van der Waals surface area contributed by atoms with E-state index in [4.69, 9.17) is 4.74 Å². The summed E-state index contributed by atoms with van der Waals surface area (Å²) >= 11 is 0. The molecule has 1 aromatic heterocycles. The normalized spacial score (nSPS) is 12.4. The lowest BCUT2D eigenvalue weighted by Crippen LogP contribution is -2.16. The summed E-state index contributed by atoms with van der Waals surface area (Å²) in [6.45, 7) is -1.30. The lowest BCUT2D eigenvalue weighted by atomic mass is 10.2. The second-order valence-corrected chi connectivity index (χ2v) is 5.83. The number of halogens is 2. The molecular formula is C20H16F2N2O4. The SMILES string of the molecule is C[C@@H](OC(=O)/C=C/c1ccc(OC(F)F)cc1)c1nc2ccccc2c(=O)[nH]1. The Morgan fingerprint density at radius 1 is 1.14 bits per heavy atom. The zero-order valence-corrected chi connectivity index (χ0v) is 14.8. The first-order valence-electron chi connectivity index (χ1n) is 8.35. The number of aromatic amines is 1. The van der Waals surface area contributed by atoms with Crippen LogP contribution in [0.25, 0.3) is 17.0 Å². The topological polar surface area (TPSA) is 81.3 Å². The quantitative estimate of drug-likeness (QED) is 0.514. The summed E-state index contributed by atoms with van der Waals surface area (Å²) in [6.07, 6.45) is 1.90. The minimum absolute atomic E-state index is 0.0229. The van der Waals surface area contributed by atoms with Gasteiger partial charge in [0.1, 0.15) is 5.75 Å². The Bertz CT molecular complexity index is 1060. The van der Waals surface area contributed by atoms with E-state index in [1.165, 1.54) is 36.4 Å². The second kappa shape index (κ2) is 8.43. The highest BCUT2D eigenvalue weighted by atomic mass is 19.3. The molecule has 2 aromatic carbocycles. The molecule has 0 saturated carbocycles. The third-order valence-electron chi connectivity index (χ3n) is 3.83. The van der Waals surface area contributed by atoms with Gasteiger partial charge in [-0.25, -0.2) is 9.78 Å². The number of nitrogens with one attached hydrogen (secondary N) is 1. The summed E-state index contributed by atoms with van der Waals surface area (Å²) in [6, 6.07) is 12.6. The van der Waals surface area contributed by atoms with Gasteiger partial charge in [0.2, 0.25) is 0 Å². The number of rotatable bonds is 6. The molecular weight excluding hydrogens is 370 g/mol. The van der Waals surface area contributed by atoms with Crippen LogP contribution in [0.1, 0.15) is 24.4 Å². The molecule has 3 aromatic rings. The number of para-hydroxylation sites is 1. The predicted molar refractivity (Wildman–Crippen MR) is 99.0 cm³/mol. The fourth-order valence-corrected chi connectivity index (χ4v) is 2.49. The minimum Gasteiger partial charge on any atom is -0.451 e. The van der Waals surface area contributed by atoms with E-state index in [1.807, 2.05) is 0 Å². The van der Waals surface area contributed by atoms with E-state index < -0.39 is 18.7 Å². The van der Waals surface area contributed by atoms with Crippen LogP contribution in [0, 0.1) is 0 Å². The molecule has 0 saturated heterocycles. The molecule has 28 heavy (non-hydrogen) atoms. The van der Waals surface area contributed by atoms with Crippen molar-refractivity contribution in [2.45, 2.75) is 19.6 Å². The maximum absolute atomic E-state index is 12.1. The van der Waals surface area contributed by atoms with Gasteiger partial charge in [-0.1, -0.05) is 24.3 Å². The van der Waals surface area contributed by atoms with Gasteiger partial charge >= 0.3 is 12.6 Å². The fraction of sp³-hybridized carbons (Fsp3) is 0.150. The molecule has 0 aliphatic carbocycles. The van der Waals surface area contributed by atoms with Crippen LogP contribution in [0.2, 0.25) is 0 Å². The van der Waals surface area contributed by atoms with Crippen molar-refractivity contribution in [2.75, 3.05) is 0 Å². The van der Waals surface area contributed by atoms with Crippen molar-refractivity contribution in [1.29, 1.82) is 0 Å². The maximum atomic E-state index is 12.1. The summed E-state index contributed by atoms with van der Waals surface area (Å²) in [4.78, 5) is 31.0. The number of nitrogens with zero attached hydrogens (tertiary/aromatic N) is 1. The van der Waals surface area contributed by atoms with E-state index >= 15 is 0 Å². The van der Waals surface area contributed by atoms with Gasteiger partial charge in [0.25, 0.3) is 5.56 Å². The molecule has 3 rings (SSSR count). The van der Waals surface area contributed by atoms with Crippen molar-refractivity contribution in [1.82, 2.24) is 9.97 Å². The molecule has 144 valence electrons. The zero-order valence-electron chi connectivity index (χ0n) is 14.8. The fourth-order valence-electron chi connectivity index (χ4n) is 2.49. The first-order valence-corrected chi connectivity index (χ1v) is 8.35. The number of esters is 1. The third kappa shape index (κ3) is 4.79. The number of ether oxygens (including phenoxy) is 2. The Morgan fingerprint density at radius 2 is 1.86 bits per heavy atom. The van der Waals surface area contributed by atoms with E-state index in [9.17, 15) is 18.4 Å². The first kappa shape index (κ1) is 19.2. The molecule has 0 bridgehead atoms. The van der Waals surface area contributed by atoms with Crippen molar-refractivity contribution in [3.63, 3.8) is 0 Å². The second-order valence-electron chi connectivity index (χ2n) is 5.83. The average molecular weight is 386 g/mol. The smallest absolute Gasteiger partial charge is 0.387 e. The number of hydrogen-bond donors (Lipinski definition) is 1. The van der Waals surface area contributed by atoms with Gasteiger partial charge in [0, 0.05) is 6.08 Å². The number of fused-ring (bicyclic) bond motifs is 1. The summed E-state index contributed by atoms with van der Waals surface area (Å²) in [7, 11) is 0. The van der Waals surface area contributed by atoms with Gasteiger partial charge < -0.3 is 14.5 Å². The lowest BCUT2D eigenvalue weighted by molar-refractivity contribution is -0.142. The maximum Gasteiger partial charge on any atom is 0.387 e. The molecule has 0 unspecified atom stereocenters. The molecule has 8 heteroatoms. The number of alkyl halides is 2. The largest absolute Gasteiger partial charge is 0.451 e. The monoisotopic (exact) mass is 386 g/mol. The molecule has 1 N–H and O–H groups in total. The Labute approximate surface area is 158 Å². The van der Waals surface area contributed by atoms with Crippen LogP contribution in [0.15, 0.2) is 59.4 Å². The molecule has 0 amide bonds. The molecule has 6 nitrogen and oxygen atoms in total. The van der Waals surface area contributed by atoms with E-state index in [0.29, 0.717) is 16.5 Å². The number of carbonyl (C=O) groups excluding carboxylic acids is 1. The van der Waals surface area contributed by atoms with Crippen LogP contribution in [-0.2, 0) is 9.53 Å². The van der Waals surface area contributed by atoms with E-state index in [-0.39, 0.29) is 17.1 Å². The number of carbonyl (C=O) groups is 1. The molecule has 1 atom stereocenters. The molecule has 0 fully saturated rings. The zero-order chi connectivity index (χ0) is 20.1. The molecule has 0 spiro atoms. The van der Waals surface area contributed by atoms with Crippen LogP contribution in [0.5, 0.6) is 5.75 Å². The van der Waals surface area contributed by atoms with E-state index in [0.717, 1.165) is 0 Å².